The molecule has 0 aliphatic rings. The molecule has 0 bridgehead atoms. The third-order valence-corrected chi connectivity index (χ3v) is 3.39. The first-order valence-electron chi connectivity index (χ1n) is 5.46. The van der Waals surface area contributed by atoms with E-state index in [4.69, 9.17) is 0 Å². The summed E-state index contributed by atoms with van der Waals surface area (Å²) < 4.78 is 28.0. The van der Waals surface area contributed by atoms with Gasteiger partial charge in [0.15, 0.2) is 0 Å². The number of non-ortho nitro benzene ring substituents is 2. The Kier molecular flexibility index (Phi) is 5.11. The highest BCUT2D eigenvalue weighted by molar-refractivity contribution is 7.86. The lowest BCUT2D eigenvalue weighted by atomic mass is 10.3. The van der Waals surface area contributed by atoms with Gasteiger partial charge in [-0.15, -0.1) is 0 Å². The first kappa shape index (κ1) is 16.0. The Morgan fingerprint density at radius 1 is 1.15 bits per heavy atom. The van der Waals surface area contributed by atoms with Crippen LogP contribution in [0.1, 0.15) is 19.8 Å². The van der Waals surface area contributed by atoms with Crippen molar-refractivity contribution in [2.45, 2.75) is 24.7 Å². The molecule has 1 radical (unpaired) electrons. The van der Waals surface area contributed by atoms with Gasteiger partial charge in [-0.1, -0.05) is 13.3 Å². The molecule has 0 unspecified atom stereocenters. The molecule has 1 rings (SSSR count). The molecule has 1 aromatic carbocycles. The van der Waals surface area contributed by atoms with E-state index in [1.54, 1.807) is 6.92 Å². The Morgan fingerprint density at radius 3 is 2.05 bits per heavy atom. The van der Waals surface area contributed by atoms with E-state index < -0.39 is 36.2 Å². The van der Waals surface area contributed by atoms with Crippen LogP contribution in [0.5, 0.6) is 0 Å². The molecule has 10 heteroatoms. The van der Waals surface area contributed by atoms with Crippen LogP contribution in [0.2, 0.25) is 0 Å². The third-order valence-electron chi connectivity index (χ3n) is 2.19. The summed E-state index contributed by atoms with van der Waals surface area (Å²) in [7, 11) is -4.31. The molecule has 0 saturated heterocycles. The first-order valence-corrected chi connectivity index (χ1v) is 6.87. The standard InChI is InChI=1S/C10H11N2O7S/c1-2-3-4-19-20(17,18)10-6-8(11(13)14)5-9(7-10)12(15)16/h4-7H,2-3H2,1H3. The topological polar surface area (TPSA) is 130 Å². The molecule has 0 aliphatic carbocycles. The quantitative estimate of drug-likeness (QED) is 0.326. The average Bonchev–Trinajstić information content (AvgIpc) is 2.38. The van der Waals surface area contributed by atoms with Crippen molar-refractivity contribution in [2.75, 3.05) is 0 Å². The number of nitro groups is 2. The lowest BCUT2D eigenvalue weighted by Gasteiger charge is -2.04. The minimum atomic E-state index is -4.31. The number of nitrogens with zero attached hydrogens (tertiary/aromatic N) is 2. The molecule has 20 heavy (non-hydrogen) atoms. The van der Waals surface area contributed by atoms with E-state index in [2.05, 4.69) is 4.18 Å². The molecule has 0 spiro atoms. The lowest BCUT2D eigenvalue weighted by molar-refractivity contribution is -0.394. The lowest BCUT2D eigenvalue weighted by Crippen LogP contribution is -2.06. The highest BCUT2D eigenvalue weighted by Gasteiger charge is 2.24. The number of unbranched alkanes of at least 4 members (excludes halogenated alkanes) is 1. The summed E-state index contributed by atoms with van der Waals surface area (Å²) in [6.45, 7) is 2.82. The molecular formula is C10H11N2O7S. The molecule has 0 aliphatic heterocycles. The van der Waals surface area contributed by atoms with Crippen LogP contribution in [0, 0.1) is 26.8 Å². The largest absolute Gasteiger partial charge is 0.297 e. The van der Waals surface area contributed by atoms with Gasteiger partial charge in [-0.3, -0.25) is 24.4 Å². The number of hydrogen-bond donors (Lipinski definition) is 0. The van der Waals surface area contributed by atoms with E-state index in [-0.39, 0.29) is 0 Å². The summed E-state index contributed by atoms with van der Waals surface area (Å²) in [4.78, 5) is 18.8. The number of nitro benzene ring substituents is 2. The van der Waals surface area contributed by atoms with E-state index in [1.165, 1.54) is 0 Å². The van der Waals surface area contributed by atoms with E-state index in [0.29, 0.717) is 31.0 Å². The second kappa shape index (κ2) is 6.39. The fourth-order valence-electron chi connectivity index (χ4n) is 1.23. The van der Waals surface area contributed by atoms with Crippen molar-refractivity contribution in [3.8, 4) is 0 Å². The Balaban J connectivity index is 3.22. The van der Waals surface area contributed by atoms with Gasteiger partial charge in [-0.2, -0.15) is 8.42 Å². The van der Waals surface area contributed by atoms with Gasteiger partial charge in [-0.05, 0) is 6.42 Å². The minimum absolute atomic E-state index is 0.357. The zero-order valence-electron chi connectivity index (χ0n) is 10.4. The van der Waals surface area contributed by atoms with Crippen molar-refractivity contribution in [2.24, 2.45) is 0 Å². The van der Waals surface area contributed by atoms with Gasteiger partial charge in [0.05, 0.1) is 15.9 Å². The van der Waals surface area contributed by atoms with Gasteiger partial charge in [0.2, 0.25) is 0 Å². The summed E-state index contributed by atoms with van der Waals surface area (Å²) in [5, 5.41) is 21.3. The Hall–Kier alpha value is -2.07. The molecular weight excluding hydrogens is 292 g/mol. The van der Waals surface area contributed by atoms with Gasteiger partial charge in [-0.25, -0.2) is 0 Å². The van der Waals surface area contributed by atoms with E-state index >= 15 is 0 Å². The SMILES string of the molecule is CCC[CH]OS(=O)(=O)c1cc([N+](=O)[O-])cc([N+](=O)[O-])c1. The average molecular weight is 303 g/mol. The first-order chi connectivity index (χ1) is 9.27. The maximum atomic E-state index is 11.8. The summed E-state index contributed by atoms with van der Waals surface area (Å²) in [5.41, 5.74) is -1.39. The summed E-state index contributed by atoms with van der Waals surface area (Å²) >= 11 is 0. The fraction of sp³-hybridized carbons (Fsp3) is 0.300. The smallest absolute Gasteiger partial charge is 0.260 e. The van der Waals surface area contributed by atoms with E-state index in [1.807, 2.05) is 0 Å². The molecule has 0 aromatic heterocycles. The predicted molar refractivity (Wildman–Crippen MR) is 67.2 cm³/mol. The highest BCUT2D eigenvalue weighted by Crippen LogP contribution is 2.26. The van der Waals surface area contributed by atoms with Crippen molar-refractivity contribution in [1.29, 1.82) is 0 Å². The monoisotopic (exact) mass is 303 g/mol. The summed E-state index contributed by atoms with van der Waals surface area (Å²) in [5.74, 6) is 0. The van der Waals surface area contributed by atoms with Crippen molar-refractivity contribution >= 4 is 21.5 Å². The second-order valence-corrected chi connectivity index (χ2v) is 5.28. The van der Waals surface area contributed by atoms with Crippen LogP contribution in [-0.2, 0) is 14.3 Å². The van der Waals surface area contributed by atoms with Crippen LogP contribution >= 0.6 is 0 Å². The van der Waals surface area contributed by atoms with Crippen LogP contribution in [0.3, 0.4) is 0 Å². The minimum Gasteiger partial charge on any atom is -0.260 e. The van der Waals surface area contributed by atoms with Gasteiger partial charge in [0.1, 0.15) is 11.5 Å². The van der Waals surface area contributed by atoms with E-state index in [9.17, 15) is 28.6 Å². The zero-order chi connectivity index (χ0) is 15.3. The van der Waals surface area contributed by atoms with Crippen LogP contribution < -0.4 is 0 Å². The molecule has 109 valence electrons. The van der Waals surface area contributed by atoms with Gasteiger partial charge in [0.25, 0.3) is 21.5 Å². The maximum Gasteiger partial charge on any atom is 0.297 e. The van der Waals surface area contributed by atoms with Gasteiger partial charge < -0.3 is 0 Å². The number of hydrogen-bond acceptors (Lipinski definition) is 7. The molecule has 0 saturated carbocycles. The van der Waals surface area contributed by atoms with Crippen LogP contribution in [0.25, 0.3) is 0 Å². The van der Waals surface area contributed by atoms with Crippen molar-refractivity contribution in [3.63, 3.8) is 0 Å². The van der Waals surface area contributed by atoms with Gasteiger partial charge >= 0.3 is 0 Å². The summed E-state index contributed by atoms with van der Waals surface area (Å²) in [6.07, 6.45) is 1.00. The van der Waals surface area contributed by atoms with Gasteiger partial charge in [0, 0.05) is 12.1 Å². The van der Waals surface area contributed by atoms with Crippen LogP contribution in [0.15, 0.2) is 23.1 Å². The molecule has 0 N–H and O–H groups in total. The molecule has 0 heterocycles. The second-order valence-electron chi connectivity index (χ2n) is 3.71. The van der Waals surface area contributed by atoms with E-state index in [0.717, 1.165) is 6.61 Å². The molecule has 0 atom stereocenters. The Labute approximate surface area is 114 Å². The molecule has 0 amide bonds. The molecule has 9 nitrogen and oxygen atoms in total. The predicted octanol–water partition coefficient (Wildman–Crippen LogP) is 2.17. The Bertz CT molecular complexity index is 594. The maximum absolute atomic E-state index is 11.8. The highest BCUT2D eigenvalue weighted by atomic mass is 32.2. The Morgan fingerprint density at radius 2 is 1.65 bits per heavy atom. The summed E-state index contributed by atoms with van der Waals surface area (Å²) in [6, 6.07) is 2.10. The van der Waals surface area contributed by atoms with Crippen molar-refractivity contribution < 1.29 is 22.4 Å². The zero-order valence-corrected chi connectivity index (χ0v) is 11.2. The van der Waals surface area contributed by atoms with Crippen LogP contribution in [0.4, 0.5) is 11.4 Å². The molecule has 0 fully saturated rings. The fourth-order valence-corrected chi connectivity index (χ4v) is 2.15. The number of benzene rings is 1. The van der Waals surface area contributed by atoms with Crippen molar-refractivity contribution in [1.82, 2.24) is 0 Å². The number of rotatable bonds is 7. The third kappa shape index (κ3) is 3.96. The normalized spacial score (nSPS) is 11.2. The van der Waals surface area contributed by atoms with Crippen LogP contribution in [-0.4, -0.2) is 18.3 Å². The molecule has 1 aromatic rings. The van der Waals surface area contributed by atoms with Crippen molar-refractivity contribution in [3.05, 3.63) is 45.0 Å².